The van der Waals surface area contributed by atoms with Crippen LogP contribution in [0.5, 0.6) is 5.88 Å². The summed E-state index contributed by atoms with van der Waals surface area (Å²) in [5, 5.41) is 3.42. The van der Waals surface area contributed by atoms with Gasteiger partial charge in [0.05, 0.1) is 6.61 Å². The van der Waals surface area contributed by atoms with Gasteiger partial charge in [-0.3, -0.25) is 0 Å². The summed E-state index contributed by atoms with van der Waals surface area (Å²) in [6.07, 6.45) is 7.98. The molecular weight excluding hydrogens is 238 g/mol. The molecule has 2 atom stereocenters. The van der Waals surface area contributed by atoms with Crippen LogP contribution < -0.4 is 10.1 Å². The fourth-order valence-electron chi connectivity index (χ4n) is 2.72. The molecule has 0 saturated heterocycles. The van der Waals surface area contributed by atoms with Gasteiger partial charge in [0.25, 0.3) is 0 Å². The molecule has 0 bridgehead atoms. The van der Waals surface area contributed by atoms with E-state index in [0.717, 1.165) is 30.6 Å². The summed E-state index contributed by atoms with van der Waals surface area (Å²) in [6.45, 7) is 6.16. The minimum Gasteiger partial charge on any atom is -0.478 e. The molecule has 1 fully saturated rings. The predicted molar refractivity (Wildman–Crippen MR) is 77.4 cm³/mol. The summed E-state index contributed by atoms with van der Waals surface area (Å²) in [5.74, 6) is 3.18. The highest BCUT2D eigenvalue weighted by atomic mass is 16.5. The van der Waals surface area contributed by atoms with Crippen molar-refractivity contribution in [1.29, 1.82) is 0 Å². The second-order valence-electron chi connectivity index (χ2n) is 5.61. The molecule has 19 heavy (non-hydrogen) atoms. The molecule has 0 spiro atoms. The van der Waals surface area contributed by atoms with E-state index in [1.807, 2.05) is 6.07 Å². The largest absolute Gasteiger partial charge is 0.478 e. The number of hydrogen-bond donors (Lipinski definition) is 1. The van der Waals surface area contributed by atoms with Crippen LogP contribution in [0.2, 0.25) is 0 Å². The van der Waals surface area contributed by atoms with Crippen molar-refractivity contribution in [3.63, 3.8) is 0 Å². The number of nitrogens with one attached hydrogen (secondary N) is 1. The van der Waals surface area contributed by atoms with Crippen molar-refractivity contribution >= 4 is 5.82 Å². The molecule has 2 rings (SSSR count). The molecule has 1 N–H and O–H groups in total. The Kier molecular flexibility index (Phi) is 5.43. The predicted octanol–water partition coefficient (Wildman–Crippen LogP) is 3.50. The van der Waals surface area contributed by atoms with Crippen LogP contribution in [-0.4, -0.2) is 23.1 Å². The molecule has 0 radical (unpaired) electrons. The molecular formula is C15H25N3O. The van der Waals surface area contributed by atoms with Gasteiger partial charge in [-0.1, -0.05) is 26.7 Å². The summed E-state index contributed by atoms with van der Waals surface area (Å²) in [6, 6.07) is 1.89. The number of hydrogen-bond acceptors (Lipinski definition) is 4. The van der Waals surface area contributed by atoms with E-state index in [4.69, 9.17) is 4.74 Å². The Morgan fingerprint density at radius 1 is 1.37 bits per heavy atom. The van der Waals surface area contributed by atoms with Gasteiger partial charge in [0, 0.05) is 12.6 Å². The van der Waals surface area contributed by atoms with E-state index in [-0.39, 0.29) is 0 Å². The first-order valence-corrected chi connectivity index (χ1v) is 7.46. The maximum Gasteiger partial charge on any atom is 0.218 e. The fourth-order valence-corrected chi connectivity index (χ4v) is 2.72. The number of anilines is 1. The van der Waals surface area contributed by atoms with Crippen LogP contribution in [0.15, 0.2) is 12.4 Å². The van der Waals surface area contributed by atoms with Gasteiger partial charge < -0.3 is 10.1 Å². The van der Waals surface area contributed by atoms with E-state index in [1.165, 1.54) is 25.7 Å². The second kappa shape index (κ2) is 7.31. The smallest absolute Gasteiger partial charge is 0.218 e. The van der Waals surface area contributed by atoms with Gasteiger partial charge in [-0.2, -0.15) is 0 Å². The van der Waals surface area contributed by atoms with Crippen molar-refractivity contribution in [2.24, 2.45) is 11.8 Å². The minimum atomic E-state index is 0.663. The summed E-state index contributed by atoms with van der Waals surface area (Å²) >= 11 is 0. The van der Waals surface area contributed by atoms with E-state index in [1.54, 1.807) is 6.33 Å². The average Bonchev–Trinajstić information content (AvgIpc) is 2.43. The standard InChI is InChI=1S/C15H25N3O/c1-3-7-19-15-9-14(17-11-18-15)16-10-13-6-4-5-12(2)8-13/h9,11-13H,3-8,10H2,1-2H3,(H,16,17,18). The highest BCUT2D eigenvalue weighted by Gasteiger charge is 2.18. The lowest BCUT2D eigenvalue weighted by Crippen LogP contribution is -2.21. The Hall–Kier alpha value is -1.32. The molecule has 4 heteroatoms. The lowest BCUT2D eigenvalue weighted by molar-refractivity contribution is 0.293. The lowest BCUT2D eigenvalue weighted by atomic mass is 9.82. The number of aromatic nitrogens is 2. The summed E-state index contributed by atoms with van der Waals surface area (Å²) in [4.78, 5) is 8.36. The molecule has 1 aliphatic rings. The molecule has 1 aliphatic carbocycles. The van der Waals surface area contributed by atoms with Crippen molar-refractivity contribution in [2.75, 3.05) is 18.5 Å². The number of ether oxygens (including phenoxy) is 1. The molecule has 4 nitrogen and oxygen atoms in total. The maximum atomic E-state index is 5.51. The summed E-state index contributed by atoms with van der Waals surface area (Å²) in [7, 11) is 0. The second-order valence-corrected chi connectivity index (χ2v) is 5.61. The first kappa shape index (κ1) is 14.1. The van der Waals surface area contributed by atoms with Crippen molar-refractivity contribution in [2.45, 2.75) is 46.0 Å². The van der Waals surface area contributed by atoms with Crippen molar-refractivity contribution in [3.05, 3.63) is 12.4 Å². The van der Waals surface area contributed by atoms with Crippen LogP contribution in [0.1, 0.15) is 46.0 Å². The molecule has 1 aromatic rings. The normalized spacial score (nSPS) is 23.1. The van der Waals surface area contributed by atoms with Gasteiger partial charge in [0.15, 0.2) is 0 Å². The van der Waals surface area contributed by atoms with Gasteiger partial charge in [0.1, 0.15) is 12.1 Å². The van der Waals surface area contributed by atoms with E-state index in [9.17, 15) is 0 Å². The zero-order valence-corrected chi connectivity index (χ0v) is 12.1. The van der Waals surface area contributed by atoms with Gasteiger partial charge in [-0.25, -0.2) is 9.97 Å². The third-order valence-corrected chi connectivity index (χ3v) is 3.71. The van der Waals surface area contributed by atoms with Crippen molar-refractivity contribution in [1.82, 2.24) is 9.97 Å². The lowest BCUT2D eigenvalue weighted by Gasteiger charge is -2.26. The van der Waals surface area contributed by atoms with Gasteiger partial charge in [-0.05, 0) is 31.1 Å². The maximum absolute atomic E-state index is 5.51. The Labute approximate surface area is 116 Å². The number of rotatable bonds is 6. The fraction of sp³-hybridized carbons (Fsp3) is 0.733. The molecule has 0 amide bonds. The molecule has 0 aromatic carbocycles. The third-order valence-electron chi connectivity index (χ3n) is 3.71. The van der Waals surface area contributed by atoms with Crippen molar-refractivity contribution < 1.29 is 4.74 Å². The third kappa shape index (κ3) is 4.69. The molecule has 2 unspecified atom stereocenters. The van der Waals surface area contributed by atoms with Crippen LogP contribution in [-0.2, 0) is 0 Å². The van der Waals surface area contributed by atoms with Gasteiger partial charge in [0.2, 0.25) is 5.88 Å². The van der Waals surface area contributed by atoms with Crippen LogP contribution in [0.3, 0.4) is 0 Å². The molecule has 1 saturated carbocycles. The highest BCUT2D eigenvalue weighted by Crippen LogP contribution is 2.28. The average molecular weight is 263 g/mol. The number of nitrogens with zero attached hydrogens (tertiary/aromatic N) is 2. The van der Waals surface area contributed by atoms with Crippen LogP contribution in [0, 0.1) is 11.8 Å². The van der Waals surface area contributed by atoms with Crippen LogP contribution in [0.4, 0.5) is 5.82 Å². The Morgan fingerprint density at radius 3 is 3.05 bits per heavy atom. The summed E-state index contributed by atoms with van der Waals surface area (Å²) in [5.41, 5.74) is 0. The van der Waals surface area contributed by atoms with E-state index >= 15 is 0 Å². The first-order valence-electron chi connectivity index (χ1n) is 7.46. The Bertz CT molecular complexity index is 383. The first-order chi connectivity index (χ1) is 9.28. The SMILES string of the molecule is CCCOc1cc(NCC2CCCC(C)C2)ncn1. The molecule has 1 heterocycles. The molecule has 106 valence electrons. The molecule has 0 aliphatic heterocycles. The quantitative estimate of drug-likeness (QED) is 0.853. The zero-order chi connectivity index (χ0) is 13.5. The Balaban J connectivity index is 1.81. The van der Waals surface area contributed by atoms with E-state index in [0.29, 0.717) is 12.5 Å². The zero-order valence-electron chi connectivity index (χ0n) is 12.1. The minimum absolute atomic E-state index is 0.663. The monoisotopic (exact) mass is 263 g/mol. The van der Waals surface area contributed by atoms with Gasteiger partial charge >= 0.3 is 0 Å². The molecule has 1 aromatic heterocycles. The van der Waals surface area contributed by atoms with E-state index in [2.05, 4.69) is 29.1 Å². The van der Waals surface area contributed by atoms with Crippen LogP contribution >= 0.6 is 0 Å². The summed E-state index contributed by atoms with van der Waals surface area (Å²) < 4.78 is 5.51. The topological polar surface area (TPSA) is 47.0 Å². The van der Waals surface area contributed by atoms with E-state index < -0.39 is 0 Å². The highest BCUT2D eigenvalue weighted by molar-refractivity contribution is 5.37. The van der Waals surface area contributed by atoms with Crippen molar-refractivity contribution in [3.8, 4) is 5.88 Å². The van der Waals surface area contributed by atoms with Gasteiger partial charge in [-0.15, -0.1) is 0 Å². The van der Waals surface area contributed by atoms with Crippen LogP contribution in [0.25, 0.3) is 0 Å². The Morgan fingerprint density at radius 2 is 2.26 bits per heavy atom.